The summed E-state index contributed by atoms with van der Waals surface area (Å²) in [4.78, 5) is 4.60. The summed E-state index contributed by atoms with van der Waals surface area (Å²) in [5, 5.41) is 7.54. The molecule has 0 saturated carbocycles. The largest absolute Gasteiger partial charge is 0.370 e. The van der Waals surface area contributed by atoms with Gasteiger partial charge < -0.3 is 11.1 Å². The molecule has 1 aromatic carbocycles. The summed E-state index contributed by atoms with van der Waals surface area (Å²) in [7, 11) is -2.24. The van der Waals surface area contributed by atoms with Crippen LogP contribution in [0.1, 0.15) is 11.4 Å². The molecule has 25 heavy (non-hydrogen) atoms. The van der Waals surface area contributed by atoms with Gasteiger partial charge in [0.05, 0.1) is 4.90 Å². The van der Waals surface area contributed by atoms with E-state index in [1.165, 1.54) is 16.6 Å². The Labute approximate surface area is 150 Å². The zero-order chi connectivity index (χ0) is 18.2. The Morgan fingerprint density at radius 1 is 1.32 bits per heavy atom. The maximum atomic E-state index is 13.2. The van der Waals surface area contributed by atoms with Crippen molar-refractivity contribution >= 4 is 32.9 Å². The number of hydrogen-bond donors (Lipinski definition) is 2. The molecule has 0 radical (unpaired) electrons. The molecular formula is C16H18ClN5O2S. The number of anilines is 1. The average molecular weight is 380 g/mol. The van der Waals surface area contributed by atoms with E-state index >= 15 is 0 Å². The number of benzene rings is 1. The first-order chi connectivity index (χ1) is 11.9. The quantitative estimate of drug-likeness (QED) is 0.703. The summed E-state index contributed by atoms with van der Waals surface area (Å²) in [6.07, 6.45) is 0.550. The molecule has 3 N–H and O–H groups in total. The van der Waals surface area contributed by atoms with Crippen LogP contribution in [0.5, 0.6) is 0 Å². The van der Waals surface area contributed by atoms with Crippen LogP contribution in [-0.4, -0.2) is 36.6 Å². The van der Waals surface area contributed by atoms with Crippen LogP contribution >= 0.6 is 11.6 Å². The zero-order valence-electron chi connectivity index (χ0n) is 13.8. The van der Waals surface area contributed by atoms with Crippen molar-refractivity contribution < 1.29 is 8.42 Å². The Balaban J connectivity index is 2.34. The van der Waals surface area contributed by atoms with Crippen LogP contribution in [0.15, 0.2) is 40.1 Å². The van der Waals surface area contributed by atoms with E-state index in [-0.39, 0.29) is 21.3 Å². The second kappa shape index (κ2) is 6.62. The first-order valence-corrected chi connectivity index (χ1v) is 9.52. The molecule has 2 aromatic heterocycles. The lowest BCUT2D eigenvalue weighted by molar-refractivity contribution is 0.597. The van der Waals surface area contributed by atoms with Gasteiger partial charge in [-0.05, 0) is 37.7 Å². The third-order valence-electron chi connectivity index (χ3n) is 3.79. The molecule has 0 bridgehead atoms. The van der Waals surface area contributed by atoms with Crippen LogP contribution in [-0.2, 0) is 16.3 Å². The second-order valence-corrected chi connectivity index (χ2v) is 7.87. The molecule has 7 nitrogen and oxygen atoms in total. The molecule has 0 aliphatic rings. The Hall–Kier alpha value is -2.16. The minimum Gasteiger partial charge on any atom is -0.370 e. The highest BCUT2D eigenvalue weighted by molar-refractivity contribution is 7.91. The van der Waals surface area contributed by atoms with Crippen molar-refractivity contribution in [1.29, 1.82) is 0 Å². The van der Waals surface area contributed by atoms with Gasteiger partial charge in [0.15, 0.2) is 16.4 Å². The molecule has 0 fully saturated rings. The van der Waals surface area contributed by atoms with Crippen molar-refractivity contribution in [2.24, 2.45) is 5.73 Å². The normalized spacial score (nSPS) is 11.8. The Kier molecular flexibility index (Phi) is 4.68. The highest BCUT2D eigenvalue weighted by Crippen LogP contribution is 2.32. The van der Waals surface area contributed by atoms with E-state index in [2.05, 4.69) is 15.4 Å². The van der Waals surface area contributed by atoms with E-state index < -0.39 is 9.84 Å². The van der Waals surface area contributed by atoms with Gasteiger partial charge in [0, 0.05) is 29.9 Å². The Bertz CT molecular complexity index is 1050. The van der Waals surface area contributed by atoms with E-state index in [9.17, 15) is 8.42 Å². The lowest BCUT2D eigenvalue weighted by atomic mass is 10.2. The number of nitrogens with one attached hydrogen (secondary N) is 1. The maximum absolute atomic E-state index is 13.2. The van der Waals surface area contributed by atoms with Crippen LogP contribution in [0.2, 0.25) is 5.02 Å². The fourth-order valence-electron chi connectivity index (χ4n) is 2.65. The van der Waals surface area contributed by atoms with Crippen LogP contribution in [0, 0.1) is 6.92 Å². The molecule has 0 saturated heterocycles. The fraction of sp³-hybridized carbons (Fsp3) is 0.250. The third kappa shape index (κ3) is 3.08. The average Bonchev–Trinajstić information content (AvgIpc) is 2.95. The van der Waals surface area contributed by atoms with E-state index in [1.807, 2.05) is 13.0 Å². The molecule has 2 heterocycles. The van der Waals surface area contributed by atoms with Crippen LogP contribution in [0.25, 0.3) is 5.65 Å². The van der Waals surface area contributed by atoms with Gasteiger partial charge in [-0.3, -0.25) is 0 Å². The fourth-order valence-corrected chi connectivity index (χ4v) is 4.45. The smallest absolute Gasteiger partial charge is 0.214 e. The van der Waals surface area contributed by atoms with Gasteiger partial charge in [0.2, 0.25) is 9.84 Å². The third-order valence-corrected chi connectivity index (χ3v) is 5.81. The number of sulfone groups is 1. The molecule has 0 unspecified atom stereocenters. The second-order valence-electron chi connectivity index (χ2n) is 5.55. The van der Waals surface area contributed by atoms with Gasteiger partial charge >= 0.3 is 0 Å². The minimum atomic E-state index is -3.86. The first kappa shape index (κ1) is 17.7. The van der Waals surface area contributed by atoms with Gasteiger partial charge in [-0.15, -0.1) is 5.10 Å². The highest BCUT2D eigenvalue weighted by atomic mass is 35.5. The summed E-state index contributed by atoms with van der Waals surface area (Å²) >= 11 is 5.97. The minimum absolute atomic E-state index is 0.0271. The van der Waals surface area contributed by atoms with Crippen molar-refractivity contribution in [3.63, 3.8) is 0 Å². The van der Waals surface area contributed by atoms with Crippen LogP contribution < -0.4 is 11.1 Å². The number of aromatic nitrogens is 3. The Morgan fingerprint density at radius 2 is 2.08 bits per heavy atom. The summed E-state index contributed by atoms with van der Waals surface area (Å²) < 4.78 is 27.9. The lowest BCUT2D eigenvalue weighted by Crippen LogP contribution is -2.09. The number of halogens is 1. The van der Waals surface area contributed by atoms with Gasteiger partial charge in [-0.1, -0.05) is 17.7 Å². The number of nitrogens with two attached hydrogens (primary N) is 1. The number of aryl methyl sites for hydroxylation is 1. The van der Waals surface area contributed by atoms with Crippen molar-refractivity contribution in [3.05, 3.63) is 46.7 Å². The van der Waals surface area contributed by atoms with Crippen molar-refractivity contribution in [3.8, 4) is 0 Å². The van der Waals surface area contributed by atoms with Crippen molar-refractivity contribution in [2.45, 2.75) is 23.1 Å². The molecule has 0 atom stereocenters. The SMILES string of the molecule is CNc1nn2c(C)cc(CCN)nc2c1S(=O)(=O)c1cccc(Cl)c1. The van der Waals surface area contributed by atoms with Crippen LogP contribution in [0.4, 0.5) is 5.82 Å². The molecule has 3 rings (SSSR count). The predicted octanol–water partition coefficient (Wildman–Crippen LogP) is 2.07. The summed E-state index contributed by atoms with van der Waals surface area (Å²) in [5.41, 5.74) is 7.38. The molecule has 3 aromatic rings. The summed E-state index contributed by atoms with van der Waals surface area (Å²) in [5.74, 6) is 0.237. The maximum Gasteiger partial charge on any atom is 0.214 e. The molecule has 132 valence electrons. The standard InChI is InChI=1S/C16H18ClN5O2S/c1-10-8-12(6-7-18)20-16-14(15(19-2)21-22(10)16)25(23,24)13-5-3-4-11(17)9-13/h3-5,8-9H,6-7,18H2,1-2H3,(H,19,21). The topological polar surface area (TPSA) is 102 Å². The number of rotatable bonds is 5. The van der Waals surface area contributed by atoms with Crippen LogP contribution in [0.3, 0.4) is 0 Å². The van der Waals surface area contributed by atoms with E-state index in [0.29, 0.717) is 18.0 Å². The van der Waals surface area contributed by atoms with E-state index in [4.69, 9.17) is 17.3 Å². The predicted molar refractivity (Wildman–Crippen MR) is 96.9 cm³/mol. The van der Waals surface area contributed by atoms with Crippen molar-refractivity contribution in [1.82, 2.24) is 14.6 Å². The number of fused-ring (bicyclic) bond motifs is 1. The molecule has 9 heteroatoms. The number of nitrogens with zero attached hydrogens (tertiary/aromatic N) is 3. The zero-order valence-corrected chi connectivity index (χ0v) is 15.4. The van der Waals surface area contributed by atoms with Crippen molar-refractivity contribution in [2.75, 3.05) is 18.9 Å². The number of hydrogen-bond acceptors (Lipinski definition) is 6. The van der Waals surface area contributed by atoms with E-state index in [1.54, 1.807) is 19.2 Å². The molecular weight excluding hydrogens is 362 g/mol. The highest BCUT2D eigenvalue weighted by Gasteiger charge is 2.29. The Morgan fingerprint density at radius 3 is 2.72 bits per heavy atom. The first-order valence-electron chi connectivity index (χ1n) is 7.66. The lowest BCUT2D eigenvalue weighted by Gasteiger charge is -2.07. The summed E-state index contributed by atoms with van der Waals surface area (Å²) in [6, 6.07) is 7.98. The molecule has 0 aliphatic carbocycles. The molecule has 0 spiro atoms. The van der Waals surface area contributed by atoms with E-state index in [0.717, 1.165) is 11.4 Å². The van der Waals surface area contributed by atoms with Gasteiger partial charge in [-0.2, -0.15) is 0 Å². The molecule has 0 amide bonds. The van der Waals surface area contributed by atoms with Gasteiger partial charge in [-0.25, -0.2) is 17.9 Å². The van der Waals surface area contributed by atoms with Gasteiger partial charge in [0.25, 0.3) is 0 Å². The van der Waals surface area contributed by atoms with Gasteiger partial charge in [0.1, 0.15) is 0 Å². The summed E-state index contributed by atoms with van der Waals surface area (Å²) in [6.45, 7) is 2.27. The molecule has 0 aliphatic heterocycles. The monoisotopic (exact) mass is 379 g/mol.